The molecule has 0 aromatic heterocycles. The molecule has 1 N–H and O–H groups in total. The lowest BCUT2D eigenvalue weighted by atomic mass is 10.1. The molecule has 0 bridgehead atoms. The maximum Gasteiger partial charge on any atom is 0.261 e. The first-order valence-electron chi connectivity index (χ1n) is 11.0. The van der Waals surface area contributed by atoms with Crippen LogP contribution in [0.25, 0.3) is 0 Å². The number of hydrogen-bond acceptors (Lipinski definition) is 5. The van der Waals surface area contributed by atoms with Crippen molar-refractivity contribution < 1.29 is 23.7 Å². The van der Waals surface area contributed by atoms with E-state index in [4.69, 9.17) is 18.6 Å². The fourth-order valence-electron chi connectivity index (χ4n) is 4.83. The second-order valence-corrected chi connectivity index (χ2v) is 14.2. The zero-order chi connectivity index (χ0) is 22.3. The molecule has 2 aromatic rings. The van der Waals surface area contributed by atoms with Crippen LogP contribution in [0.1, 0.15) is 34.6 Å². The van der Waals surface area contributed by atoms with Gasteiger partial charge in [-0.05, 0) is 29.3 Å². The summed E-state index contributed by atoms with van der Waals surface area (Å²) >= 11 is 0. The first-order valence-corrected chi connectivity index (χ1v) is 13.0. The van der Waals surface area contributed by atoms with Crippen molar-refractivity contribution >= 4 is 18.7 Å². The molecule has 5 nitrogen and oxygen atoms in total. The molecule has 2 saturated heterocycles. The first kappa shape index (κ1) is 22.6. The van der Waals surface area contributed by atoms with Crippen molar-refractivity contribution in [2.75, 3.05) is 13.2 Å². The molecule has 2 heterocycles. The van der Waals surface area contributed by atoms with Gasteiger partial charge in [0.2, 0.25) is 0 Å². The lowest BCUT2D eigenvalue weighted by molar-refractivity contribution is -0.150. The molecule has 4 rings (SSSR count). The van der Waals surface area contributed by atoms with Crippen LogP contribution in [0, 0.1) is 0 Å². The molecule has 0 unspecified atom stereocenters. The molecule has 0 saturated carbocycles. The Labute approximate surface area is 186 Å². The Morgan fingerprint density at radius 2 is 1.42 bits per heavy atom. The average Bonchev–Trinajstić information content (AvgIpc) is 3.44. The summed E-state index contributed by atoms with van der Waals surface area (Å²) in [5.41, 5.74) is 0. The molecule has 0 amide bonds. The Bertz CT molecular complexity index is 825. The van der Waals surface area contributed by atoms with E-state index in [9.17, 15) is 5.11 Å². The molecular weight excluding hydrogens is 408 g/mol. The van der Waals surface area contributed by atoms with Gasteiger partial charge in [0.1, 0.15) is 24.4 Å². The molecule has 6 heteroatoms. The fourth-order valence-corrected chi connectivity index (χ4v) is 9.40. The quantitative estimate of drug-likeness (QED) is 0.528. The third-order valence-electron chi connectivity index (χ3n) is 6.23. The lowest BCUT2D eigenvalue weighted by Gasteiger charge is -2.43. The molecule has 0 radical (unpaired) electrons. The summed E-state index contributed by atoms with van der Waals surface area (Å²) in [6.45, 7) is 10.9. The lowest BCUT2D eigenvalue weighted by Crippen LogP contribution is -2.66. The third kappa shape index (κ3) is 4.38. The van der Waals surface area contributed by atoms with Crippen LogP contribution in [-0.4, -0.2) is 56.8 Å². The Kier molecular flexibility index (Phi) is 6.16. The van der Waals surface area contributed by atoms with E-state index < -0.39 is 14.1 Å². The Hall–Kier alpha value is -1.54. The van der Waals surface area contributed by atoms with Crippen LogP contribution in [0.5, 0.6) is 0 Å². The van der Waals surface area contributed by atoms with Crippen molar-refractivity contribution in [3.63, 3.8) is 0 Å². The van der Waals surface area contributed by atoms with Crippen LogP contribution >= 0.6 is 0 Å². The second-order valence-electron chi connectivity index (χ2n) is 9.93. The zero-order valence-corrected chi connectivity index (χ0v) is 20.1. The van der Waals surface area contributed by atoms with E-state index >= 15 is 0 Å². The summed E-state index contributed by atoms with van der Waals surface area (Å²) in [6.07, 6.45) is -0.860. The van der Waals surface area contributed by atoms with E-state index in [2.05, 4.69) is 69.3 Å². The number of epoxide rings is 1. The van der Waals surface area contributed by atoms with E-state index in [0.29, 0.717) is 6.61 Å². The van der Waals surface area contributed by atoms with Crippen LogP contribution < -0.4 is 10.4 Å². The second kappa shape index (κ2) is 8.43. The van der Waals surface area contributed by atoms with Gasteiger partial charge in [0.15, 0.2) is 5.79 Å². The molecule has 0 aliphatic carbocycles. The zero-order valence-electron chi connectivity index (χ0n) is 19.1. The van der Waals surface area contributed by atoms with E-state index in [1.54, 1.807) is 0 Å². The third-order valence-corrected chi connectivity index (χ3v) is 11.2. The number of rotatable bonds is 7. The number of ether oxygens (including phenoxy) is 3. The van der Waals surface area contributed by atoms with Crippen LogP contribution in [0.4, 0.5) is 0 Å². The van der Waals surface area contributed by atoms with Crippen LogP contribution in [0.3, 0.4) is 0 Å². The normalized spacial score (nSPS) is 27.9. The highest BCUT2D eigenvalue weighted by molar-refractivity contribution is 6.99. The summed E-state index contributed by atoms with van der Waals surface area (Å²) in [4.78, 5) is 0. The molecule has 4 atom stereocenters. The van der Waals surface area contributed by atoms with Gasteiger partial charge in [-0.1, -0.05) is 81.4 Å². The van der Waals surface area contributed by atoms with Gasteiger partial charge >= 0.3 is 0 Å². The Balaban J connectivity index is 1.59. The predicted octanol–water partition coefficient (Wildman–Crippen LogP) is 2.84. The molecule has 2 aliphatic rings. The summed E-state index contributed by atoms with van der Waals surface area (Å²) < 4.78 is 24.8. The fraction of sp³-hybridized carbons (Fsp3) is 0.520. The smallest absolute Gasteiger partial charge is 0.261 e. The van der Waals surface area contributed by atoms with Crippen molar-refractivity contribution in [3.8, 4) is 0 Å². The van der Waals surface area contributed by atoms with Gasteiger partial charge < -0.3 is 23.7 Å². The summed E-state index contributed by atoms with van der Waals surface area (Å²) in [5.74, 6) is -0.715. The Morgan fingerprint density at radius 3 is 1.90 bits per heavy atom. The predicted molar refractivity (Wildman–Crippen MR) is 123 cm³/mol. The number of aliphatic hydroxyl groups is 1. The van der Waals surface area contributed by atoms with Crippen molar-refractivity contribution in [1.29, 1.82) is 0 Å². The summed E-state index contributed by atoms with van der Waals surface area (Å²) in [7, 11) is -2.60. The molecule has 31 heavy (non-hydrogen) atoms. The maximum absolute atomic E-state index is 9.71. The minimum absolute atomic E-state index is 0.0711. The topological polar surface area (TPSA) is 60.5 Å². The highest BCUT2D eigenvalue weighted by atomic mass is 28.4. The van der Waals surface area contributed by atoms with Gasteiger partial charge in [0.25, 0.3) is 8.32 Å². The van der Waals surface area contributed by atoms with Gasteiger partial charge in [-0.2, -0.15) is 0 Å². The van der Waals surface area contributed by atoms with Crippen LogP contribution in [0.2, 0.25) is 5.04 Å². The maximum atomic E-state index is 9.71. The van der Waals surface area contributed by atoms with Crippen LogP contribution in [-0.2, 0) is 18.6 Å². The first-order chi connectivity index (χ1) is 14.7. The minimum atomic E-state index is -2.60. The van der Waals surface area contributed by atoms with Crippen molar-refractivity contribution in [2.45, 2.75) is 69.9 Å². The Morgan fingerprint density at radius 1 is 0.871 bits per heavy atom. The molecule has 2 fully saturated rings. The molecular formula is C25H34O5Si. The average molecular weight is 443 g/mol. The van der Waals surface area contributed by atoms with Gasteiger partial charge in [-0.25, -0.2) is 0 Å². The molecule has 2 aliphatic heterocycles. The van der Waals surface area contributed by atoms with Gasteiger partial charge in [-0.15, -0.1) is 0 Å². The van der Waals surface area contributed by atoms with E-state index in [1.807, 2.05) is 26.0 Å². The largest absolute Gasteiger partial charge is 0.405 e. The number of hydrogen-bond donors (Lipinski definition) is 1. The minimum Gasteiger partial charge on any atom is -0.405 e. The standard InChI is InChI=1S/C25H34O5Si/c1-24(2,3)31(18-12-8-6-9-13-18,19-14-10-7-11-15-19)27-17-21-22(28-21)23-20(16-26)29-25(4,5)30-23/h6-15,20-23,26H,16-17H2,1-5H3/t20-,21+,22+,23+/m0/s1. The monoisotopic (exact) mass is 442 g/mol. The van der Waals surface area contributed by atoms with Crippen molar-refractivity contribution in [1.82, 2.24) is 0 Å². The van der Waals surface area contributed by atoms with Gasteiger partial charge in [-0.3, -0.25) is 0 Å². The summed E-state index contributed by atoms with van der Waals surface area (Å²) in [5, 5.41) is 12.1. The SMILES string of the molecule is CC1(C)O[C@@H]([C@@H]2O[C@@H]2CO[Si](c2ccccc2)(c2ccccc2)C(C)(C)C)[C@H](CO)O1. The van der Waals surface area contributed by atoms with Crippen LogP contribution in [0.15, 0.2) is 60.7 Å². The van der Waals surface area contributed by atoms with Crippen molar-refractivity contribution in [3.05, 3.63) is 60.7 Å². The van der Waals surface area contributed by atoms with E-state index in [-0.39, 0.29) is 36.1 Å². The van der Waals surface area contributed by atoms with E-state index in [0.717, 1.165) is 0 Å². The number of benzene rings is 2. The highest BCUT2D eigenvalue weighted by Crippen LogP contribution is 2.41. The molecule has 168 valence electrons. The van der Waals surface area contributed by atoms with Gasteiger partial charge in [0, 0.05) is 0 Å². The molecule has 2 aromatic carbocycles. The van der Waals surface area contributed by atoms with Crippen molar-refractivity contribution in [2.24, 2.45) is 0 Å². The summed E-state index contributed by atoms with van der Waals surface area (Å²) in [6, 6.07) is 21.2. The number of aliphatic hydroxyl groups excluding tert-OH is 1. The molecule has 0 spiro atoms. The van der Waals surface area contributed by atoms with E-state index in [1.165, 1.54) is 10.4 Å². The van der Waals surface area contributed by atoms with Gasteiger partial charge in [0.05, 0.1) is 13.2 Å². The highest BCUT2D eigenvalue weighted by Gasteiger charge is 2.57.